The van der Waals surface area contributed by atoms with Crippen LogP contribution in [0.2, 0.25) is 0 Å². The van der Waals surface area contributed by atoms with Gasteiger partial charge >= 0.3 is 0 Å². The van der Waals surface area contributed by atoms with E-state index in [4.69, 9.17) is 0 Å². The molecular formula is C14H23NO2S. The molecule has 0 radical (unpaired) electrons. The van der Waals surface area contributed by atoms with E-state index in [-0.39, 0.29) is 11.8 Å². The zero-order valence-electron chi connectivity index (χ0n) is 11.7. The molecule has 0 fully saturated rings. The molecule has 1 N–H and O–H groups in total. The average molecular weight is 269 g/mol. The molecule has 0 aliphatic heterocycles. The first-order valence-electron chi connectivity index (χ1n) is 6.32. The summed E-state index contributed by atoms with van der Waals surface area (Å²) in [5.74, 6) is 0.220. The van der Waals surface area contributed by atoms with Gasteiger partial charge in [0, 0.05) is 12.3 Å². The highest BCUT2D eigenvalue weighted by Gasteiger charge is 2.15. The van der Waals surface area contributed by atoms with Crippen LogP contribution in [0.15, 0.2) is 18.2 Å². The predicted molar refractivity (Wildman–Crippen MR) is 76.7 cm³/mol. The van der Waals surface area contributed by atoms with E-state index in [1.807, 2.05) is 13.0 Å². The Morgan fingerprint density at radius 2 is 1.94 bits per heavy atom. The maximum Gasteiger partial charge on any atom is 0.147 e. The molecule has 0 aromatic heterocycles. The highest BCUT2D eigenvalue weighted by atomic mass is 32.2. The lowest BCUT2D eigenvalue weighted by Gasteiger charge is -2.21. The van der Waals surface area contributed by atoms with Gasteiger partial charge in [-0.25, -0.2) is 8.42 Å². The second kappa shape index (κ2) is 6.34. The van der Waals surface area contributed by atoms with Crippen LogP contribution >= 0.6 is 0 Å². The van der Waals surface area contributed by atoms with Crippen LogP contribution in [0.3, 0.4) is 0 Å². The molecule has 1 aromatic rings. The standard InChI is InChI=1S/C14H23NO2S/c1-5-15-14(9-10-18(4,16)17)13-8-6-7-11(2)12(13)3/h6-8,14-15H,5,9-10H2,1-4H3. The molecule has 1 atom stereocenters. The van der Waals surface area contributed by atoms with Crippen LogP contribution in [-0.2, 0) is 9.84 Å². The lowest BCUT2D eigenvalue weighted by Crippen LogP contribution is -2.24. The van der Waals surface area contributed by atoms with Gasteiger partial charge in [0.2, 0.25) is 0 Å². The topological polar surface area (TPSA) is 46.2 Å². The zero-order valence-corrected chi connectivity index (χ0v) is 12.5. The number of aryl methyl sites for hydroxylation is 1. The second-order valence-electron chi connectivity index (χ2n) is 4.82. The summed E-state index contributed by atoms with van der Waals surface area (Å²) in [6, 6.07) is 6.31. The van der Waals surface area contributed by atoms with E-state index < -0.39 is 9.84 Å². The summed E-state index contributed by atoms with van der Waals surface area (Å²) in [5.41, 5.74) is 3.70. The Morgan fingerprint density at radius 3 is 2.50 bits per heavy atom. The number of hydrogen-bond donors (Lipinski definition) is 1. The number of hydrogen-bond acceptors (Lipinski definition) is 3. The van der Waals surface area contributed by atoms with Gasteiger partial charge in [0.15, 0.2) is 0 Å². The van der Waals surface area contributed by atoms with Crippen molar-refractivity contribution in [3.05, 3.63) is 34.9 Å². The van der Waals surface area contributed by atoms with Crippen molar-refractivity contribution in [1.29, 1.82) is 0 Å². The van der Waals surface area contributed by atoms with Gasteiger partial charge in [-0.15, -0.1) is 0 Å². The highest BCUT2D eigenvalue weighted by molar-refractivity contribution is 7.90. The molecule has 1 unspecified atom stereocenters. The summed E-state index contributed by atoms with van der Waals surface area (Å²) >= 11 is 0. The summed E-state index contributed by atoms with van der Waals surface area (Å²) in [6.07, 6.45) is 1.91. The van der Waals surface area contributed by atoms with Crippen molar-refractivity contribution in [3.63, 3.8) is 0 Å². The lowest BCUT2D eigenvalue weighted by atomic mass is 9.96. The minimum absolute atomic E-state index is 0.115. The number of nitrogens with one attached hydrogen (secondary N) is 1. The van der Waals surface area contributed by atoms with Gasteiger partial charge in [0.25, 0.3) is 0 Å². The Morgan fingerprint density at radius 1 is 1.28 bits per heavy atom. The highest BCUT2D eigenvalue weighted by Crippen LogP contribution is 2.23. The van der Waals surface area contributed by atoms with E-state index in [9.17, 15) is 8.42 Å². The summed E-state index contributed by atoms with van der Waals surface area (Å²) in [4.78, 5) is 0. The van der Waals surface area contributed by atoms with E-state index in [2.05, 4.69) is 31.3 Å². The monoisotopic (exact) mass is 269 g/mol. The zero-order chi connectivity index (χ0) is 13.8. The van der Waals surface area contributed by atoms with E-state index in [1.54, 1.807) is 0 Å². The SMILES string of the molecule is CCNC(CCS(C)(=O)=O)c1cccc(C)c1C. The van der Waals surface area contributed by atoms with Gasteiger partial charge in [0.05, 0.1) is 5.75 Å². The molecule has 1 rings (SSSR count). The molecule has 4 heteroatoms. The van der Waals surface area contributed by atoms with Gasteiger partial charge in [0.1, 0.15) is 9.84 Å². The minimum atomic E-state index is -2.91. The third-order valence-corrected chi connectivity index (χ3v) is 4.23. The Balaban J connectivity index is 2.93. The predicted octanol–water partition coefficient (Wildman–Crippen LogP) is 2.39. The van der Waals surface area contributed by atoms with Crippen LogP contribution in [0.5, 0.6) is 0 Å². The molecule has 3 nitrogen and oxygen atoms in total. The number of sulfone groups is 1. The number of benzene rings is 1. The average Bonchev–Trinajstić information content (AvgIpc) is 2.27. The van der Waals surface area contributed by atoms with Crippen molar-refractivity contribution in [1.82, 2.24) is 5.32 Å². The fourth-order valence-electron chi connectivity index (χ4n) is 2.10. The fraction of sp³-hybridized carbons (Fsp3) is 0.571. The van der Waals surface area contributed by atoms with Crippen LogP contribution in [0, 0.1) is 13.8 Å². The molecule has 18 heavy (non-hydrogen) atoms. The first-order valence-corrected chi connectivity index (χ1v) is 8.38. The Kier molecular flexibility index (Phi) is 5.35. The molecule has 0 aliphatic rings. The van der Waals surface area contributed by atoms with Gasteiger partial charge in [-0.2, -0.15) is 0 Å². The largest absolute Gasteiger partial charge is 0.310 e. The maximum absolute atomic E-state index is 11.3. The van der Waals surface area contributed by atoms with Crippen LogP contribution < -0.4 is 5.32 Å². The molecule has 0 spiro atoms. The van der Waals surface area contributed by atoms with Crippen LogP contribution in [0.25, 0.3) is 0 Å². The second-order valence-corrected chi connectivity index (χ2v) is 7.08. The fourth-order valence-corrected chi connectivity index (χ4v) is 2.76. The molecule has 102 valence electrons. The van der Waals surface area contributed by atoms with Crippen LogP contribution in [0.1, 0.15) is 36.1 Å². The normalized spacial score (nSPS) is 13.6. The van der Waals surface area contributed by atoms with Gasteiger partial charge in [-0.1, -0.05) is 25.1 Å². The van der Waals surface area contributed by atoms with Crippen molar-refractivity contribution >= 4 is 9.84 Å². The summed E-state index contributed by atoms with van der Waals surface area (Å²) < 4.78 is 22.6. The molecule has 0 saturated carbocycles. The third kappa shape index (κ3) is 4.42. The van der Waals surface area contributed by atoms with Crippen LogP contribution in [0.4, 0.5) is 0 Å². The molecule has 0 bridgehead atoms. The summed E-state index contributed by atoms with van der Waals surface area (Å²) in [7, 11) is -2.91. The molecule has 0 saturated heterocycles. The van der Waals surface area contributed by atoms with Crippen molar-refractivity contribution in [2.24, 2.45) is 0 Å². The molecule has 0 aliphatic carbocycles. The van der Waals surface area contributed by atoms with Crippen molar-refractivity contribution in [2.45, 2.75) is 33.2 Å². The summed E-state index contributed by atoms with van der Waals surface area (Å²) in [6.45, 7) is 7.05. The minimum Gasteiger partial charge on any atom is -0.310 e. The quantitative estimate of drug-likeness (QED) is 0.862. The van der Waals surface area contributed by atoms with Crippen molar-refractivity contribution in [3.8, 4) is 0 Å². The molecule has 1 aromatic carbocycles. The van der Waals surface area contributed by atoms with Crippen molar-refractivity contribution in [2.75, 3.05) is 18.6 Å². The van der Waals surface area contributed by atoms with E-state index in [1.165, 1.54) is 22.9 Å². The smallest absolute Gasteiger partial charge is 0.147 e. The molecule has 0 heterocycles. The first-order chi connectivity index (χ1) is 8.35. The third-order valence-electron chi connectivity index (χ3n) is 3.25. The number of rotatable bonds is 6. The Labute approximate surface area is 111 Å². The lowest BCUT2D eigenvalue weighted by molar-refractivity contribution is 0.527. The van der Waals surface area contributed by atoms with Gasteiger partial charge in [-0.3, -0.25) is 0 Å². The van der Waals surface area contributed by atoms with Gasteiger partial charge in [-0.05, 0) is 43.5 Å². The van der Waals surface area contributed by atoms with E-state index in [0.717, 1.165) is 6.54 Å². The molecule has 0 amide bonds. The Bertz CT molecular complexity index is 495. The van der Waals surface area contributed by atoms with E-state index >= 15 is 0 Å². The molecular weight excluding hydrogens is 246 g/mol. The van der Waals surface area contributed by atoms with Gasteiger partial charge < -0.3 is 5.32 Å². The summed E-state index contributed by atoms with van der Waals surface area (Å²) in [5, 5.41) is 3.38. The Hall–Kier alpha value is -0.870. The maximum atomic E-state index is 11.3. The van der Waals surface area contributed by atoms with Crippen LogP contribution in [-0.4, -0.2) is 27.0 Å². The van der Waals surface area contributed by atoms with E-state index in [0.29, 0.717) is 6.42 Å². The van der Waals surface area contributed by atoms with Crippen molar-refractivity contribution < 1.29 is 8.42 Å². The first kappa shape index (κ1) is 15.2.